The Balaban J connectivity index is 1.51. The van der Waals surface area contributed by atoms with Crippen molar-refractivity contribution >= 4 is 46.7 Å². The number of amides is 2. The number of rotatable bonds is 8. The molecule has 0 fully saturated rings. The van der Waals surface area contributed by atoms with Crippen LogP contribution in [0.25, 0.3) is 0 Å². The van der Waals surface area contributed by atoms with Crippen molar-refractivity contribution in [2.75, 3.05) is 12.4 Å². The van der Waals surface area contributed by atoms with E-state index in [1.807, 2.05) is 12.1 Å². The van der Waals surface area contributed by atoms with Crippen molar-refractivity contribution in [2.24, 2.45) is 0 Å². The molecule has 0 radical (unpaired) electrons. The second kappa shape index (κ2) is 10.1. The summed E-state index contributed by atoms with van der Waals surface area (Å²) >= 11 is 7.59. The number of benzene rings is 2. The third-order valence-corrected chi connectivity index (χ3v) is 6.40. The van der Waals surface area contributed by atoms with Gasteiger partial charge in [-0.3, -0.25) is 19.7 Å². The molecule has 34 heavy (non-hydrogen) atoms. The zero-order valence-electron chi connectivity index (χ0n) is 18.0. The van der Waals surface area contributed by atoms with Gasteiger partial charge in [-0.15, -0.1) is 0 Å². The summed E-state index contributed by atoms with van der Waals surface area (Å²) in [6.07, 6.45) is 0. The Hall–Kier alpha value is -3.57. The molecule has 4 rings (SSSR count). The van der Waals surface area contributed by atoms with Crippen molar-refractivity contribution in [3.63, 3.8) is 0 Å². The summed E-state index contributed by atoms with van der Waals surface area (Å²) in [5, 5.41) is 21.6. The molecule has 1 aliphatic rings. The maximum absolute atomic E-state index is 13.0. The fourth-order valence-corrected chi connectivity index (χ4v) is 4.69. The molecule has 0 aliphatic carbocycles. The zero-order chi connectivity index (χ0) is 24.2. The standard InChI is InChI=1S/C22H20ClN5O5S/c1-33-15-5-2-13(3-6-15)9-24-20(29)10-27-21(17-11-34-12-18(17)26-27)25-22(30)16-8-14(23)4-7-19(16)28(31)32/h2-8H,9-12H2,1H3,(H,24,29)(H,25,30). The lowest BCUT2D eigenvalue weighted by Crippen LogP contribution is -2.29. The molecule has 12 heteroatoms. The number of carbonyl (C=O) groups is 2. The number of thioether (sulfide) groups is 1. The summed E-state index contributed by atoms with van der Waals surface area (Å²) in [6.45, 7) is 0.192. The molecule has 1 aromatic heterocycles. The Morgan fingerprint density at radius 2 is 2.00 bits per heavy atom. The van der Waals surface area contributed by atoms with Gasteiger partial charge < -0.3 is 15.4 Å². The van der Waals surface area contributed by atoms with Crippen LogP contribution in [0.3, 0.4) is 0 Å². The summed E-state index contributed by atoms with van der Waals surface area (Å²) < 4.78 is 6.55. The molecule has 1 aliphatic heterocycles. The van der Waals surface area contributed by atoms with Crippen molar-refractivity contribution in [3.8, 4) is 5.75 Å². The van der Waals surface area contributed by atoms with Crippen LogP contribution in [-0.2, 0) is 29.4 Å². The zero-order valence-corrected chi connectivity index (χ0v) is 19.6. The number of aromatic nitrogens is 2. The molecule has 3 aromatic rings. The van der Waals surface area contributed by atoms with Crippen molar-refractivity contribution in [1.82, 2.24) is 15.1 Å². The van der Waals surface area contributed by atoms with Crippen LogP contribution in [0.4, 0.5) is 11.5 Å². The van der Waals surface area contributed by atoms with Crippen molar-refractivity contribution < 1.29 is 19.2 Å². The van der Waals surface area contributed by atoms with Gasteiger partial charge in [0.25, 0.3) is 11.6 Å². The molecule has 0 spiro atoms. The Labute approximate surface area is 203 Å². The number of anilines is 1. The van der Waals surface area contributed by atoms with Crippen LogP contribution < -0.4 is 15.4 Å². The van der Waals surface area contributed by atoms with Gasteiger partial charge in [0, 0.05) is 34.7 Å². The minimum atomic E-state index is -0.700. The molecule has 0 atom stereocenters. The molecule has 2 aromatic carbocycles. The van der Waals surface area contributed by atoms with Crippen LogP contribution in [0.15, 0.2) is 42.5 Å². The number of ether oxygens (including phenoxy) is 1. The number of nitro benzene ring substituents is 1. The lowest BCUT2D eigenvalue weighted by Gasteiger charge is -2.12. The minimum Gasteiger partial charge on any atom is -0.497 e. The number of halogens is 1. The molecular formula is C22H20ClN5O5S. The third-order valence-electron chi connectivity index (χ3n) is 5.19. The van der Waals surface area contributed by atoms with Gasteiger partial charge in [-0.1, -0.05) is 23.7 Å². The summed E-state index contributed by atoms with van der Waals surface area (Å²) in [6, 6.07) is 11.1. The lowest BCUT2D eigenvalue weighted by molar-refractivity contribution is -0.385. The second-order valence-corrected chi connectivity index (χ2v) is 8.84. The van der Waals surface area contributed by atoms with Gasteiger partial charge in [0.2, 0.25) is 5.91 Å². The maximum atomic E-state index is 13.0. The van der Waals surface area contributed by atoms with Crippen LogP contribution in [0.2, 0.25) is 5.02 Å². The Bertz CT molecular complexity index is 1260. The molecule has 176 valence electrons. The molecule has 0 unspecified atom stereocenters. The van der Waals surface area contributed by atoms with Gasteiger partial charge in [-0.25, -0.2) is 4.68 Å². The van der Waals surface area contributed by atoms with E-state index >= 15 is 0 Å². The van der Waals surface area contributed by atoms with Crippen molar-refractivity contribution in [2.45, 2.75) is 24.6 Å². The molecule has 10 nitrogen and oxygen atoms in total. The Morgan fingerprint density at radius 1 is 1.24 bits per heavy atom. The number of nitrogens with one attached hydrogen (secondary N) is 2. The monoisotopic (exact) mass is 501 g/mol. The van der Waals surface area contributed by atoms with E-state index in [4.69, 9.17) is 16.3 Å². The predicted octanol–water partition coefficient (Wildman–Crippen LogP) is 3.77. The van der Waals surface area contributed by atoms with E-state index in [1.165, 1.54) is 22.9 Å². The molecule has 0 saturated carbocycles. The number of hydrogen-bond acceptors (Lipinski definition) is 7. The average molecular weight is 502 g/mol. The third kappa shape index (κ3) is 5.15. The van der Waals surface area contributed by atoms with Gasteiger partial charge in [0.1, 0.15) is 23.7 Å². The molecule has 2 heterocycles. The molecule has 2 N–H and O–H groups in total. The summed E-state index contributed by atoms with van der Waals surface area (Å²) in [4.78, 5) is 36.3. The highest BCUT2D eigenvalue weighted by Crippen LogP contribution is 2.35. The van der Waals surface area contributed by atoms with E-state index in [2.05, 4.69) is 15.7 Å². The first-order chi connectivity index (χ1) is 16.4. The maximum Gasteiger partial charge on any atom is 0.282 e. The highest BCUT2D eigenvalue weighted by Gasteiger charge is 2.27. The average Bonchev–Trinajstić information content (AvgIpc) is 3.40. The minimum absolute atomic E-state index is 0.124. The van der Waals surface area contributed by atoms with Crippen molar-refractivity contribution in [1.29, 1.82) is 0 Å². The van der Waals surface area contributed by atoms with Gasteiger partial charge in [-0.05, 0) is 29.8 Å². The van der Waals surface area contributed by atoms with E-state index in [-0.39, 0.29) is 28.7 Å². The molecule has 2 amide bonds. The second-order valence-electron chi connectivity index (χ2n) is 7.42. The molecule has 0 bridgehead atoms. The summed E-state index contributed by atoms with van der Waals surface area (Å²) in [7, 11) is 1.58. The first-order valence-corrected chi connectivity index (χ1v) is 11.7. The number of fused-ring (bicyclic) bond motifs is 1. The van der Waals surface area contributed by atoms with Crippen molar-refractivity contribution in [3.05, 3.63) is 80.0 Å². The number of hydrogen-bond donors (Lipinski definition) is 2. The van der Waals surface area contributed by atoms with E-state index in [9.17, 15) is 19.7 Å². The van der Waals surface area contributed by atoms with Crippen LogP contribution in [0, 0.1) is 10.1 Å². The molecular weight excluding hydrogens is 482 g/mol. The highest BCUT2D eigenvalue weighted by atomic mass is 35.5. The fourth-order valence-electron chi connectivity index (χ4n) is 3.48. The van der Waals surface area contributed by atoms with E-state index in [0.29, 0.717) is 23.9 Å². The van der Waals surface area contributed by atoms with Crippen LogP contribution in [0.5, 0.6) is 5.75 Å². The van der Waals surface area contributed by atoms with Crippen LogP contribution >= 0.6 is 23.4 Å². The summed E-state index contributed by atoms with van der Waals surface area (Å²) in [5.74, 6) is 1.33. The van der Waals surface area contributed by atoms with Crippen LogP contribution in [0.1, 0.15) is 27.2 Å². The van der Waals surface area contributed by atoms with Gasteiger partial charge in [-0.2, -0.15) is 16.9 Å². The van der Waals surface area contributed by atoms with E-state index in [1.54, 1.807) is 31.0 Å². The van der Waals surface area contributed by atoms with E-state index < -0.39 is 10.8 Å². The SMILES string of the molecule is COc1ccc(CNC(=O)Cn2nc3c(c2NC(=O)c2cc(Cl)ccc2[N+](=O)[O-])CSC3)cc1. The first kappa shape index (κ1) is 23.6. The number of nitrogens with zero attached hydrogens (tertiary/aromatic N) is 3. The topological polar surface area (TPSA) is 128 Å². The van der Waals surface area contributed by atoms with E-state index in [0.717, 1.165) is 22.6 Å². The van der Waals surface area contributed by atoms with Gasteiger partial charge in [0.15, 0.2) is 0 Å². The first-order valence-electron chi connectivity index (χ1n) is 10.2. The summed E-state index contributed by atoms with van der Waals surface area (Å²) in [5.41, 5.74) is 1.93. The lowest BCUT2D eigenvalue weighted by atomic mass is 10.1. The van der Waals surface area contributed by atoms with Gasteiger partial charge in [0.05, 0.1) is 17.7 Å². The highest BCUT2D eigenvalue weighted by molar-refractivity contribution is 7.98. The number of nitro groups is 1. The quantitative estimate of drug-likeness (QED) is 0.355. The van der Waals surface area contributed by atoms with Gasteiger partial charge >= 0.3 is 0 Å². The Kier molecular flexibility index (Phi) is 7.03. The largest absolute Gasteiger partial charge is 0.497 e. The van der Waals surface area contributed by atoms with Crippen LogP contribution in [-0.4, -0.2) is 33.6 Å². The molecule has 0 saturated heterocycles. The number of methoxy groups -OCH3 is 1. The fraction of sp³-hybridized carbons (Fsp3) is 0.227. The number of carbonyl (C=O) groups excluding carboxylic acids is 2. The predicted molar refractivity (Wildman–Crippen MR) is 128 cm³/mol. The normalized spacial score (nSPS) is 12.2. The smallest absolute Gasteiger partial charge is 0.282 e. The Morgan fingerprint density at radius 3 is 2.71 bits per heavy atom.